The Morgan fingerprint density at radius 2 is 2.15 bits per heavy atom. The van der Waals surface area contributed by atoms with Crippen LogP contribution in [0.4, 0.5) is 0 Å². The van der Waals surface area contributed by atoms with Crippen LogP contribution in [0.3, 0.4) is 0 Å². The lowest BCUT2D eigenvalue weighted by molar-refractivity contribution is -0.145. The minimum atomic E-state index is -0.794. The van der Waals surface area contributed by atoms with Crippen LogP contribution >= 0.6 is 0 Å². The molecule has 0 radical (unpaired) electrons. The van der Waals surface area contributed by atoms with Gasteiger partial charge in [-0.25, -0.2) is 19.3 Å². The molecule has 2 aromatic rings. The van der Waals surface area contributed by atoms with Crippen molar-refractivity contribution in [1.82, 2.24) is 14.8 Å². The van der Waals surface area contributed by atoms with Gasteiger partial charge in [0.25, 0.3) is 0 Å². The van der Waals surface area contributed by atoms with Crippen LogP contribution in [0.1, 0.15) is 16.8 Å². The number of carbonyl (C=O) groups excluding carboxylic acids is 2. The molecule has 0 N–H and O–H groups in total. The van der Waals surface area contributed by atoms with Gasteiger partial charge in [-0.05, 0) is 24.3 Å². The van der Waals surface area contributed by atoms with Gasteiger partial charge in [0.2, 0.25) is 6.10 Å². The van der Waals surface area contributed by atoms with E-state index < -0.39 is 18.0 Å². The van der Waals surface area contributed by atoms with E-state index in [0.29, 0.717) is 18.6 Å². The molecule has 0 bridgehead atoms. The standard InChI is InChI=1S/C13H11N3O4/c17-12(20-11-5-6-19-13(11)18)9-1-3-10(4-2-9)16-8-14-7-15-16/h1-4,7-8,11H,5-6H2/t11-/m0/s1. The molecule has 102 valence electrons. The third-order valence-electron chi connectivity index (χ3n) is 2.92. The van der Waals surface area contributed by atoms with E-state index in [4.69, 9.17) is 9.47 Å². The van der Waals surface area contributed by atoms with E-state index in [2.05, 4.69) is 10.1 Å². The van der Waals surface area contributed by atoms with Gasteiger partial charge < -0.3 is 9.47 Å². The fourth-order valence-corrected chi connectivity index (χ4v) is 1.87. The Balaban J connectivity index is 1.71. The van der Waals surface area contributed by atoms with Crippen LogP contribution in [-0.4, -0.2) is 39.4 Å². The Labute approximate surface area is 114 Å². The van der Waals surface area contributed by atoms with Crippen molar-refractivity contribution >= 4 is 11.9 Å². The van der Waals surface area contributed by atoms with Crippen molar-refractivity contribution in [3.8, 4) is 5.69 Å². The van der Waals surface area contributed by atoms with Crippen molar-refractivity contribution in [2.45, 2.75) is 12.5 Å². The van der Waals surface area contributed by atoms with Gasteiger partial charge in [-0.15, -0.1) is 0 Å². The molecule has 1 saturated heterocycles. The summed E-state index contributed by atoms with van der Waals surface area (Å²) in [7, 11) is 0. The van der Waals surface area contributed by atoms with Crippen molar-refractivity contribution in [2.75, 3.05) is 6.61 Å². The highest BCUT2D eigenvalue weighted by Gasteiger charge is 2.30. The molecule has 1 aromatic carbocycles. The number of hydrogen-bond acceptors (Lipinski definition) is 6. The number of rotatable bonds is 3. The minimum Gasteiger partial charge on any atom is -0.463 e. The summed E-state index contributed by atoms with van der Waals surface area (Å²) >= 11 is 0. The van der Waals surface area contributed by atoms with Gasteiger partial charge in [0.05, 0.1) is 17.9 Å². The molecule has 0 aliphatic carbocycles. The van der Waals surface area contributed by atoms with E-state index in [1.807, 2.05) is 0 Å². The second-order valence-corrected chi connectivity index (χ2v) is 4.24. The molecule has 20 heavy (non-hydrogen) atoms. The average molecular weight is 273 g/mol. The summed E-state index contributed by atoms with van der Waals surface area (Å²) in [6, 6.07) is 6.66. The summed E-state index contributed by atoms with van der Waals surface area (Å²) in [5, 5.41) is 3.98. The molecule has 2 heterocycles. The Bertz CT molecular complexity index is 622. The maximum Gasteiger partial charge on any atom is 0.347 e. The molecule has 0 amide bonds. The van der Waals surface area contributed by atoms with E-state index in [-0.39, 0.29) is 0 Å². The summed E-state index contributed by atoms with van der Waals surface area (Å²) in [5.41, 5.74) is 1.15. The van der Waals surface area contributed by atoms with Crippen LogP contribution in [0, 0.1) is 0 Å². The molecule has 3 rings (SSSR count). The van der Waals surface area contributed by atoms with E-state index in [1.165, 1.54) is 6.33 Å². The Morgan fingerprint density at radius 3 is 2.75 bits per heavy atom. The van der Waals surface area contributed by atoms with Crippen LogP contribution in [0.5, 0.6) is 0 Å². The smallest absolute Gasteiger partial charge is 0.347 e. The molecule has 0 spiro atoms. The molecule has 1 fully saturated rings. The van der Waals surface area contributed by atoms with Crippen molar-refractivity contribution in [3.05, 3.63) is 42.5 Å². The van der Waals surface area contributed by atoms with Crippen molar-refractivity contribution in [3.63, 3.8) is 0 Å². The van der Waals surface area contributed by atoms with Crippen LogP contribution in [0.25, 0.3) is 5.69 Å². The number of carbonyl (C=O) groups is 2. The van der Waals surface area contributed by atoms with Gasteiger partial charge in [-0.1, -0.05) is 0 Å². The summed E-state index contributed by atoms with van der Waals surface area (Å²) in [5.74, 6) is -1.03. The average Bonchev–Trinajstić information content (AvgIpc) is 3.12. The second-order valence-electron chi connectivity index (χ2n) is 4.24. The van der Waals surface area contributed by atoms with Crippen LogP contribution in [0.15, 0.2) is 36.9 Å². The maximum absolute atomic E-state index is 11.9. The third-order valence-corrected chi connectivity index (χ3v) is 2.92. The fraction of sp³-hybridized carbons (Fsp3) is 0.231. The SMILES string of the molecule is O=C(O[C@H]1CCOC1=O)c1ccc(-n2cncn2)cc1. The largest absolute Gasteiger partial charge is 0.463 e. The van der Waals surface area contributed by atoms with E-state index in [0.717, 1.165) is 5.69 Å². The number of benzene rings is 1. The number of esters is 2. The lowest BCUT2D eigenvalue weighted by Crippen LogP contribution is -2.22. The van der Waals surface area contributed by atoms with Gasteiger partial charge in [-0.2, -0.15) is 5.10 Å². The highest BCUT2D eigenvalue weighted by atomic mass is 16.6. The second kappa shape index (κ2) is 5.12. The van der Waals surface area contributed by atoms with Gasteiger partial charge in [-0.3, -0.25) is 0 Å². The topological polar surface area (TPSA) is 83.3 Å². The van der Waals surface area contributed by atoms with Crippen molar-refractivity contribution in [2.24, 2.45) is 0 Å². The molecule has 1 aromatic heterocycles. The fourth-order valence-electron chi connectivity index (χ4n) is 1.87. The Hall–Kier alpha value is -2.70. The number of ether oxygens (including phenoxy) is 2. The Morgan fingerprint density at radius 1 is 1.35 bits per heavy atom. The normalized spacial score (nSPS) is 17.8. The number of cyclic esters (lactones) is 1. The lowest BCUT2D eigenvalue weighted by atomic mass is 10.2. The van der Waals surface area contributed by atoms with Gasteiger partial charge in [0, 0.05) is 6.42 Å². The highest BCUT2D eigenvalue weighted by Crippen LogP contribution is 2.14. The van der Waals surface area contributed by atoms with Gasteiger partial charge in [0.15, 0.2) is 0 Å². The van der Waals surface area contributed by atoms with Gasteiger partial charge >= 0.3 is 11.9 Å². The quantitative estimate of drug-likeness (QED) is 0.767. The van der Waals surface area contributed by atoms with Crippen LogP contribution < -0.4 is 0 Å². The van der Waals surface area contributed by atoms with E-state index in [1.54, 1.807) is 35.3 Å². The number of hydrogen-bond donors (Lipinski definition) is 0. The van der Waals surface area contributed by atoms with Gasteiger partial charge in [0.1, 0.15) is 12.7 Å². The van der Waals surface area contributed by atoms with Crippen molar-refractivity contribution in [1.29, 1.82) is 0 Å². The van der Waals surface area contributed by atoms with Crippen LogP contribution in [-0.2, 0) is 14.3 Å². The first-order valence-corrected chi connectivity index (χ1v) is 6.07. The first-order chi connectivity index (χ1) is 9.74. The molecule has 1 aliphatic heterocycles. The molecule has 0 saturated carbocycles. The minimum absolute atomic E-state index is 0.294. The molecule has 1 aliphatic rings. The Kier molecular flexibility index (Phi) is 3.16. The number of aromatic nitrogens is 3. The molecular formula is C13H11N3O4. The molecule has 0 unspecified atom stereocenters. The first kappa shape index (κ1) is 12.3. The van der Waals surface area contributed by atoms with E-state index in [9.17, 15) is 9.59 Å². The summed E-state index contributed by atoms with van der Waals surface area (Å²) in [6.45, 7) is 0.294. The zero-order valence-corrected chi connectivity index (χ0v) is 10.4. The maximum atomic E-state index is 11.9. The highest BCUT2D eigenvalue weighted by molar-refractivity contribution is 5.91. The summed E-state index contributed by atoms with van der Waals surface area (Å²) < 4.78 is 11.4. The van der Waals surface area contributed by atoms with Crippen LogP contribution in [0.2, 0.25) is 0 Å². The molecular weight excluding hydrogens is 262 g/mol. The summed E-state index contributed by atoms with van der Waals surface area (Å²) in [6.07, 6.45) is 2.59. The molecule has 1 atom stereocenters. The summed E-state index contributed by atoms with van der Waals surface area (Å²) in [4.78, 5) is 27.0. The lowest BCUT2D eigenvalue weighted by Gasteiger charge is -2.08. The number of nitrogens with zero attached hydrogens (tertiary/aromatic N) is 3. The monoisotopic (exact) mass is 273 g/mol. The van der Waals surface area contributed by atoms with E-state index >= 15 is 0 Å². The third kappa shape index (κ3) is 2.37. The predicted molar refractivity (Wildman–Crippen MR) is 66.1 cm³/mol. The molecule has 7 nitrogen and oxygen atoms in total. The zero-order chi connectivity index (χ0) is 13.9. The first-order valence-electron chi connectivity index (χ1n) is 6.07. The van der Waals surface area contributed by atoms with Crippen molar-refractivity contribution < 1.29 is 19.1 Å². The zero-order valence-electron chi connectivity index (χ0n) is 10.4. The predicted octanol–water partition coefficient (Wildman–Crippen LogP) is 0.740. The molecule has 7 heteroatoms.